The Bertz CT molecular complexity index is 1530. The van der Waals surface area contributed by atoms with E-state index in [4.69, 9.17) is 4.74 Å². The van der Waals surface area contributed by atoms with Gasteiger partial charge in [-0.2, -0.15) is 0 Å². The molecule has 2 aromatic heterocycles. The summed E-state index contributed by atoms with van der Waals surface area (Å²) in [5.74, 6) is -0.114. The smallest absolute Gasteiger partial charge is 0.326 e. The highest BCUT2D eigenvalue weighted by molar-refractivity contribution is 5.86. The number of aryl methyl sites for hydroxylation is 1. The zero-order valence-electron chi connectivity index (χ0n) is 20.9. The molecule has 1 saturated heterocycles. The molecule has 0 saturated carbocycles. The second kappa shape index (κ2) is 9.65. The number of pyridine rings is 2. The highest BCUT2D eigenvalue weighted by atomic mass is 16.5. The molecular weight excluding hydrogens is 472 g/mol. The molecular formula is C28H28N4O5. The van der Waals surface area contributed by atoms with Gasteiger partial charge in [0.05, 0.1) is 5.39 Å². The molecule has 0 unspecified atom stereocenters. The number of fused-ring (bicyclic) bond motifs is 1. The average molecular weight is 501 g/mol. The number of benzene rings is 1. The van der Waals surface area contributed by atoms with Gasteiger partial charge in [-0.05, 0) is 68.8 Å². The number of carboxylic acids is 1. The number of carboxylic acid groups (broad SMARTS) is 1. The van der Waals surface area contributed by atoms with Crippen molar-refractivity contribution in [3.8, 4) is 11.6 Å². The third kappa shape index (κ3) is 4.64. The second-order valence-electron chi connectivity index (χ2n) is 9.72. The van der Waals surface area contributed by atoms with E-state index in [-0.39, 0.29) is 24.2 Å². The van der Waals surface area contributed by atoms with Crippen molar-refractivity contribution in [1.82, 2.24) is 9.97 Å². The first kappa shape index (κ1) is 24.4. The van der Waals surface area contributed by atoms with Gasteiger partial charge in [0.15, 0.2) is 0 Å². The Labute approximate surface area is 213 Å². The number of rotatable bonds is 8. The van der Waals surface area contributed by atoms with E-state index < -0.39 is 22.9 Å². The van der Waals surface area contributed by atoms with Crippen molar-refractivity contribution in [2.75, 3.05) is 10.2 Å². The first-order chi connectivity index (χ1) is 17.7. The van der Waals surface area contributed by atoms with E-state index in [1.807, 2.05) is 37.8 Å². The number of aromatic nitrogens is 2. The SMILES string of the molecule is Cc1cc2ccncc2c(Oc2ccc(C[C@H](Nc3c(N4[C@H](C)CC[C@@H]4C)c(=O)c3=O)C(=O)O)cc2)n1. The number of nitrogens with one attached hydrogen (secondary N) is 1. The van der Waals surface area contributed by atoms with Crippen molar-refractivity contribution in [3.63, 3.8) is 0 Å². The zero-order chi connectivity index (χ0) is 26.3. The lowest BCUT2D eigenvalue weighted by Crippen LogP contribution is -2.48. The quantitative estimate of drug-likeness (QED) is 0.348. The molecule has 0 radical (unpaired) electrons. The fourth-order valence-corrected chi connectivity index (χ4v) is 5.08. The zero-order valence-corrected chi connectivity index (χ0v) is 20.9. The van der Waals surface area contributed by atoms with Gasteiger partial charge in [-0.25, -0.2) is 9.78 Å². The van der Waals surface area contributed by atoms with Gasteiger partial charge in [0, 0.05) is 36.6 Å². The largest absolute Gasteiger partial charge is 0.480 e. The predicted octanol–water partition coefficient (Wildman–Crippen LogP) is 3.81. The van der Waals surface area contributed by atoms with Crippen molar-refractivity contribution >= 4 is 28.1 Å². The average Bonchev–Trinajstić information content (AvgIpc) is 3.20. The normalized spacial score (nSPS) is 18.3. The van der Waals surface area contributed by atoms with Crippen molar-refractivity contribution < 1.29 is 14.6 Å². The van der Waals surface area contributed by atoms with E-state index in [1.165, 1.54) is 0 Å². The first-order valence-electron chi connectivity index (χ1n) is 12.3. The summed E-state index contributed by atoms with van der Waals surface area (Å²) in [6.45, 7) is 5.91. The minimum absolute atomic E-state index is 0.101. The van der Waals surface area contributed by atoms with E-state index >= 15 is 0 Å². The van der Waals surface area contributed by atoms with Crippen LogP contribution in [0.25, 0.3) is 10.8 Å². The molecule has 3 heterocycles. The van der Waals surface area contributed by atoms with Crippen LogP contribution in [0, 0.1) is 6.92 Å². The Kier molecular flexibility index (Phi) is 6.37. The molecule has 3 atom stereocenters. The molecule has 4 aromatic rings. The summed E-state index contributed by atoms with van der Waals surface area (Å²) < 4.78 is 6.01. The van der Waals surface area contributed by atoms with E-state index in [0.717, 1.165) is 34.9 Å². The molecule has 37 heavy (non-hydrogen) atoms. The van der Waals surface area contributed by atoms with Crippen LogP contribution in [0.2, 0.25) is 0 Å². The summed E-state index contributed by atoms with van der Waals surface area (Å²) in [5, 5.41) is 14.5. The van der Waals surface area contributed by atoms with E-state index in [2.05, 4.69) is 15.3 Å². The van der Waals surface area contributed by atoms with Crippen LogP contribution in [0.5, 0.6) is 11.6 Å². The molecule has 0 amide bonds. The molecule has 190 valence electrons. The van der Waals surface area contributed by atoms with Crippen LogP contribution >= 0.6 is 0 Å². The van der Waals surface area contributed by atoms with E-state index in [0.29, 0.717) is 17.3 Å². The lowest BCUT2D eigenvalue weighted by atomic mass is 10.0. The Balaban J connectivity index is 1.33. The number of nitrogens with zero attached hydrogens (tertiary/aromatic N) is 3. The molecule has 1 aliphatic rings. The predicted molar refractivity (Wildman–Crippen MR) is 142 cm³/mol. The van der Waals surface area contributed by atoms with Crippen LogP contribution in [-0.2, 0) is 11.2 Å². The van der Waals surface area contributed by atoms with Gasteiger partial charge in [-0.3, -0.25) is 14.6 Å². The van der Waals surface area contributed by atoms with Crippen LogP contribution < -0.4 is 25.8 Å². The fourth-order valence-electron chi connectivity index (χ4n) is 5.08. The molecule has 2 N–H and O–H groups in total. The Morgan fingerprint density at radius 1 is 1.14 bits per heavy atom. The highest BCUT2D eigenvalue weighted by Crippen LogP contribution is 2.33. The standard InChI is InChI=1S/C28H28N4O5/c1-15-12-19-10-11-29-14-21(19)27(30-15)37-20-8-6-18(7-9-20)13-22(28(35)36)31-23-24(26(34)25(23)33)32-16(2)4-5-17(32)3/h6-12,14,16-17,22,31H,4-5,13H2,1-3H3,(H,35,36)/t16-,17+,22-/m0/s1. The number of ether oxygens (including phenoxy) is 1. The van der Waals surface area contributed by atoms with Gasteiger partial charge in [-0.1, -0.05) is 12.1 Å². The summed E-state index contributed by atoms with van der Waals surface area (Å²) in [6, 6.07) is 10.1. The summed E-state index contributed by atoms with van der Waals surface area (Å²) in [7, 11) is 0. The molecule has 0 spiro atoms. The Morgan fingerprint density at radius 3 is 2.51 bits per heavy atom. The molecule has 0 aliphatic carbocycles. The van der Waals surface area contributed by atoms with Crippen molar-refractivity contribution in [1.29, 1.82) is 0 Å². The maximum absolute atomic E-state index is 12.4. The number of anilines is 2. The lowest BCUT2D eigenvalue weighted by molar-refractivity contribution is -0.137. The Morgan fingerprint density at radius 2 is 1.84 bits per heavy atom. The molecule has 9 heteroatoms. The monoisotopic (exact) mass is 500 g/mol. The van der Waals surface area contributed by atoms with Crippen LogP contribution in [0.15, 0.2) is 58.4 Å². The number of carbonyl (C=O) groups is 1. The molecule has 5 rings (SSSR count). The minimum atomic E-state index is -1.11. The summed E-state index contributed by atoms with van der Waals surface area (Å²) in [6.07, 6.45) is 5.37. The van der Waals surface area contributed by atoms with Crippen LogP contribution in [0.1, 0.15) is 37.9 Å². The maximum atomic E-state index is 12.4. The van der Waals surface area contributed by atoms with Crippen LogP contribution in [-0.4, -0.2) is 39.2 Å². The van der Waals surface area contributed by atoms with E-state index in [9.17, 15) is 19.5 Å². The molecule has 1 fully saturated rings. The van der Waals surface area contributed by atoms with Crippen molar-refractivity contribution in [3.05, 3.63) is 80.5 Å². The van der Waals surface area contributed by atoms with Gasteiger partial charge >= 0.3 is 5.97 Å². The number of aliphatic carboxylic acids is 1. The first-order valence-corrected chi connectivity index (χ1v) is 12.3. The van der Waals surface area contributed by atoms with Crippen LogP contribution in [0.3, 0.4) is 0 Å². The molecule has 0 bridgehead atoms. The topological polar surface area (TPSA) is 122 Å². The minimum Gasteiger partial charge on any atom is -0.480 e. The lowest BCUT2D eigenvalue weighted by Gasteiger charge is -2.32. The van der Waals surface area contributed by atoms with Gasteiger partial charge in [-0.15, -0.1) is 0 Å². The third-order valence-electron chi connectivity index (χ3n) is 7.02. The summed E-state index contributed by atoms with van der Waals surface area (Å²) >= 11 is 0. The van der Waals surface area contributed by atoms with Crippen molar-refractivity contribution in [2.45, 2.75) is 58.2 Å². The highest BCUT2D eigenvalue weighted by Gasteiger charge is 2.36. The fraction of sp³-hybridized carbons (Fsp3) is 0.321. The van der Waals surface area contributed by atoms with E-state index in [1.54, 1.807) is 36.7 Å². The third-order valence-corrected chi connectivity index (χ3v) is 7.02. The molecule has 1 aliphatic heterocycles. The van der Waals surface area contributed by atoms with Crippen LogP contribution in [0.4, 0.5) is 11.4 Å². The summed E-state index contributed by atoms with van der Waals surface area (Å²) in [5.41, 5.74) is 0.744. The number of hydrogen-bond acceptors (Lipinski definition) is 8. The number of hydrogen-bond donors (Lipinski definition) is 2. The maximum Gasteiger partial charge on any atom is 0.326 e. The van der Waals surface area contributed by atoms with Gasteiger partial charge in [0.25, 0.3) is 10.9 Å². The molecule has 9 nitrogen and oxygen atoms in total. The second-order valence-corrected chi connectivity index (χ2v) is 9.72. The van der Waals surface area contributed by atoms with Gasteiger partial charge < -0.3 is 20.1 Å². The van der Waals surface area contributed by atoms with Gasteiger partial charge in [0.1, 0.15) is 23.2 Å². The van der Waals surface area contributed by atoms with Gasteiger partial charge in [0.2, 0.25) is 5.88 Å². The van der Waals surface area contributed by atoms with Crippen molar-refractivity contribution in [2.24, 2.45) is 0 Å². The molecule has 2 aromatic carbocycles. The summed E-state index contributed by atoms with van der Waals surface area (Å²) in [4.78, 5) is 47.4. The Hall–Kier alpha value is -4.27.